The molecule has 0 atom stereocenters. The Morgan fingerprint density at radius 3 is 1.07 bits per heavy atom. The Morgan fingerprint density at radius 1 is 0.295 bits per heavy atom. The molecule has 0 spiro atoms. The van der Waals surface area contributed by atoms with Crippen molar-refractivity contribution < 1.29 is 0 Å². The fourth-order valence-corrected chi connectivity index (χ4v) is 18.9. The molecule has 0 nitrogen and oxygen atoms in total. The fraction of sp³-hybridized carbons (Fsp3) is 0.333. The van der Waals surface area contributed by atoms with Crippen molar-refractivity contribution in [1.82, 2.24) is 0 Å². The predicted octanol–water partition coefficient (Wildman–Crippen LogP) is 16.1. The van der Waals surface area contributed by atoms with Gasteiger partial charge in [0.05, 0.1) is 0 Å². The molecule has 0 aliphatic heterocycles. The van der Waals surface area contributed by atoms with E-state index in [9.17, 15) is 0 Å². The van der Waals surface area contributed by atoms with Gasteiger partial charge in [0.2, 0.25) is 0 Å². The number of hydrogen-bond acceptors (Lipinski definition) is 0. The summed E-state index contributed by atoms with van der Waals surface area (Å²) in [4.78, 5) is 0. The molecule has 8 aliphatic rings. The molecule has 0 amide bonds. The van der Waals surface area contributed by atoms with Gasteiger partial charge in [0.15, 0.2) is 0 Å². The third-order valence-corrected chi connectivity index (χ3v) is 20.5. The maximum absolute atomic E-state index is 2.59. The molecule has 1 heterocycles. The van der Waals surface area contributed by atoms with Crippen LogP contribution in [0.5, 0.6) is 0 Å². The topological polar surface area (TPSA) is 0 Å². The van der Waals surface area contributed by atoms with Crippen molar-refractivity contribution in [2.75, 3.05) is 0 Å². The molecule has 0 N–H and O–H groups in total. The van der Waals surface area contributed by atoms with Crippen LogP contribution in [0.2, 0.25) is 0 Å². The molecule has 1 heteroatoms. The first-order valence-corrected chi connectivity index (χ1v) is 25.7. The third kappa shape index (κ3) is 5.00. The van der Waals surface area contributed by atoms with Gasteiger partial charge in [-0.05, 0) is 6.42 Å². The van der Waals surface area contributed by atoms with E-state index in [0.29, 0.717) is 11.8 Å². The SMILES string of the molecule is c1ccc2c(C3C4CC5CC(C4)CC3C5)c3ccccc3c(-c3ccc4c(c3)[se]c3ccc(-c5c6ccccc6c(C6C7CC8CC(C7)CC6C8)c6ccccc56)cc34)c2c1. The first kappa shape index (κ1) is 34.9. The van der Waals surface area contributed by atoms with Crippen molar-refractivity contribution in [2.45, 2.75) is 76.0 Å². The van der Waals surface area contributed by atoms with Crippen LogP contribution in [-0.4, -0.2) is 14.5 Å². The predicted molar refractivity (Wildman–Crippen MR) is 259 cm³/mol. The second-order valence-corrected chi connectivity index (χ2v) is 23.5. The standard InChI is InChI=1S/C60H52Se/c1-5-13-48-44(9-1)57(45-10-2-6-14-49(45)59(48)55-39-23-33-21-34(25-39)26-40(55)24-33)37-18-20-53-52(31-37)43-19-17-38(32-54(43)61-53)58-46-11-3-7-15-50(46)60(51-16-8-4-12-47(51)58)56-41-27-35-22-36(29-41)30-42(56)28-35/h1-20,31-36,39-42,55-56H,21-30H2. The van der Waals surface area contributed by atoms with Gasteiger partial charge in [0, 0.05) is 0 Å². The van der Waals surface area contributed by atoms with Crippen LogP contribution in [0, 0.1) is 47.3 Å². The van der Waals surface area contributed by atoms with E-state index in [2.05, 4.69) is 133 Å². The van der Waals surface area contributed by atoms with E-state index in [4.69, 9.17) is 0 Å². The minimum atomic E-state index is 0.263. The number of rotatable bonds is 4. The summed E-state index contributed by atoms with van der Waals surface area (Å²) in [5.74, 6) is 8.76. The fourth-order valence-electron chi connectivity index (χ4n) is 16.5. The van der Waals surface area contributed by atoms with Gasteiger partial charge in [-0.15, -0.1) is 0 Å². The summed E-state index contributed by atoms with van der Waals surface area (Å²) < 4.78 is 3.05. The first-order valence-electron chi connectivity index (χ1n) is 24.0. The molecule has 8 bridgehead atoms. The zero-order chi connectivity index (χ0) is 39.5. The van der Waals surface area contributed by atoms with Gasteiger partial charge in [0.25, 0.3) is 0 Å². The minimum absolute atomic E-state index is 0.263. The number of fused-ring (bicyclic) bond motifs is 7. The van der Waals surface area contributed by atoms with E-state index in [1.807, 2.05) is 0 Å². The van der Waals surface area contributed by atoms with Crippen molar-refractivity contribution in [3.63, 3.8) is 0 Å². The molecule has 8 aromatic carbocycles. The number of hydrogen-bond donors (Lipinski definition) is 0. The molecule has 9 aromatic rings. The molecule has 8 saturated carbocycles. The van der Waals surface area contributed by atoms with Crippen LogP contribution >= 0.6 is 0 Å². The molecular formula is C60H52Se. The van der Waals surface area contributed by atoms with E-state index >= 15 is 0 Å². The Kier molecular flexibility index (Phi) is 7.39. The van der Waals surface area contributed by atoms with Crippen LogP contribution in [0.3, 0.4) is 0 Å². The Hall–Kier alpha value is -4.68. The summed E-state index contributed by atoms with van der Waals surface area (Å²) in [5.41, 5.74) is 8.97. The van der Waals surface area contributed by atoms with Crippen molar-refractivity contribution in [3.8, 4) is 22.3 Å². The molecule has 17 rings (SSSR count). The van der Waals surface area contributed by atoms with E-state index in [0.717, 1.165) is 47.3 Å². The van der Waals surface area contributed by atoms with Gasteiger partial charge < -0.3 is 0 Å². The summed E-state index contributed by atoms with van der Waals surface area (Å²) in [6.45, 7) is 0. The van der Waals surface area contributed by atoms with Gasteiger partial charge >= 0.3 is 361 Å². The zero-order valence-electron chi connectivity index (χ0n) is 35.0. The van der Waals surface area contributed by atoms with Crippen molar-refractivity contribution in [3.05, 3.63) is 145 Å². The Balaban J connectivity index is 0.887. The Bertz CT molecular complexity index is 3140. The van der Waals surface area contributed by atoms with Crippen LogP contribution in [0.4, 0.5) is 0 Å². The summed E-state index contributed by atoms with van der Waals surface area (Å²) in [6.07, 6.45) is 14.7. The average Bonchev–Trinajstić information content (AvgIpc) is 3.65. The second kappa shape index (κ2) is 12.9. The first-order chi connectivity index (χ1) is 30.2. The molecule has 1 aromatic heterocycles. The van der Waals surface area contributed by atoms with Crippen molar-refractivity contribution in [2.24, 2.45) is 47.3 Å². The molecule has 0 radical (unpaired) electrons. The van der Waals surface area contributed by atoms with E-state index in [1.165, 1.54) is 149 Å². The van der Waals surface area contributed by atoms with Crippen molar-refractivity contribution >= 4 is 76.9 Å². The van der Waals surface area contributed by atoms with Crippen LogP contribution < -0.4 is 0 Å². The summed E-state index contributed by atoms with van der Waals surface area (Å²) >= 11 is 0.263. The van der Waals surface area contributed by atoms with Gasteiger partial charge in [-0.1, -0.05) is 0 Å². The van der Waals surface area contributed by atoms with E-state index < -0.39 is 0 Å². The molecule has 8 fully saturated rings. The Labute approximate surface area is 365 Å². The van der Waals surface area contributed by atoms with Crippen LogP contribution in [0.1, 0.15) is 87.2 Å². The third-order valence-electron chi connectivity index (χ3n) is 18.1. The molecule has 8 aliphatic carbocycles. The van der Waals surface area contributed by atoms with Crippen molar-refractivity contribution in [1.29, 1.82) is 0 Å². The maximum atomic E-state index is 2.59. The van der Waals surface area contributed by atoms with Gasteiger partial charge in [0.1, 0.15) is 0 Å². The molecule has 0 unspecified atom stereocenters. The Morgan fingerprint density at radius 2 is 0.656 bits per heavy atom. The molecule has 0 saturated heterocycles. The van der Waals surface area contributed by atoms with Crippen LogP contribution in [0.15, 0.2) is 133 Å². The second-order valence-electron chi connectivity index (χ2n) is 21.2. The normalized spacial score (nSPS) is 30.0. The monoisotopic (exact) mass is 852 g/mol. The van der Waals surface area contributed by atoms with E-state index in [-0.39, 0.29) is 14.5 Å². The molecule has 298 valence electrons. The zero-order valence-corrected chi connectivity index (χ0v) is 36.7. The van der Waals surface area contributed by atoms with Crippen LogP contribution in [0.25, 0.3) is 84.6 Å². The van der Waals surface area contributed by atoms with E-state index in [1.54, 1.807) is 11.1 Å². The summed E-state index contributed by atoms with van der Waals surface area (Å²) in [5, 5.41) is 14.7. The van der Waals surface area contributed by atoms with Gasteiger partial charge in [-0.3, -0.25) is 0 Å². The summed E-state index contributed by atoms with van der Waals surface area (Å²) in [6, 6.07) is 53.1. The van der Waals surface area contributed by atoms with Gasteiger partial charge in [-0.25, -0.2) is 0 Å². The van der Waals surface area contributed by atoms with Crippen LogP contribution in [-0.2, 0) is 0 Å². The van der Waals surface area contributed by atoms with Gasteiger partial charge in [-0.2, -0.15) is 0 Å². The average molecular weight is 852 g/mol. The molecule has 61 heavy (non-hydrogen) atoms. The molecular weight excluding hydrogens is 800 g/mol. The quantitative estimate of drug-likeness (QED) is 0.122. The number of benzene rings is 8. The summed E-state index contributed by atoms with van der Waals surface area (Å²) in [7, 11) is 0.